The van der Waals surface area contributed by atoms with Gasteiger partial charge in [-0.3, -0.25) is 10.2 Å². The molecule has 0 aliphatic carbocycles. The van der Waals surface area contributed by atoms with Crippen LogP contribution in [0.3, 0.4) is 0 Å². The highest BCUT2D eigenvalue weighted by Gasteiger charge is 2.43. The average Bonchev–Trinajstić information content (AvgIpc) is 2.91. The van der Waals surface area contributed by atoms with Crippen molar-refractivity contribution in [3.63, 3.8) is 0 Å². The van der Waals surface area contributed by atoms with Gasteiger partial charge in [-0.1, -0.05) is 45.0 Å². The van der Waals surface area contributed by atoms with Crippen LogP contribution in [0.4, 0.5) is 4.79 Å². The Morgan fingerprint density at radius 1 is 1.17 bits per heavy atom. The minimum Gasteiger partial charge on any atom is -0.479 e. The Hall–Kier alpha value is -3.84. The van der Waals surface area contributed by atoms with E-state index in [-0.39, 0.29) is 19.6 Å². The largest absolute Gasteiger partial charge is 0.479 e. The van der Waals surface area contributed by atoms with Crippen molar-refractivity contribution in [3.8, 4) is 0 Å². The molecule has 6 atom stereocenters. The van der Waals surface area contributed by atoms with E-state index >= 15 is 0 Å². The molecule has 1 aliphatic heterocycles. The molecule has 1 aliphatic rings. The fourth-order valence-electron chi connectivity index (χ4n) is 4.40. The fraction of sp³-hybridized carbons (Fsp3) is 0.571. The van der Waals surface area contributed by atoms with Gasteiger partial charge < -0.3 is 45.9 Å². The molecule has 0 aromatic heterocycles. The Balaban J connectivity index is 1.88. The second kappa shape index (κ2) is 15.8. The summed E-state index contributed by atoms with van der Waals surface area (Å²) in [5, 5.41) is 41.8. The lowest BCUT2D eigenvalue weighted by molar-refractivity contribution is -0.147. The predicted octanol–water partition coefficient (Wildman–Crippen LogP) is 1.22. The summed E-state index contributed by atoms with van der Waals surface area (Å²) in [4.78, 5) is 36.5. The molecule has 1 aromatic carbocycles. The van der Waals surface area contributed by atoms with Gasteiger partial charge in [-0.15, -0.1) is 0 Å². The van der Waals surface area contributed by atoms with Crippen molar-refractivity contribution < 1.29 is 43.9 Å². The first-order chi connectivity index (χ1) is 19.3. The van der Waals surface area contributed by atoms with Crippen molar-refractivity contribution in [1.29, 1.82) is 5.41 Å². The summed E-state index contributed by atoms with van der Waals surface area (Å²) in [6.45, 7) is 6.99. The number of guanidine groups is 1. The molecule has 1 aromatic rings. The zero-order chi connectivity index (χ0) is 30.7. The molecule has 1 unspecified atom stereocenters. The highest BCUT2D eigenvalue weighted by Crippen LogP contribution is 2.29. The Labute approximate surface area is 239 Å². The molecule has 1 amide bonds. The summed E-state index contributed by atoms with van der Waals surface area (Å²) in [5.74, 6) is -3.27. The van der Waals surface area contributed by atoms with Gasteiger partial charge in [0.05, 0.1) is 25.2 Å². The zero-order valence-electron chi connectivity index (χ0n) is 23.8. The Morgan fingerprint density at radius 2 is 1.83 bits per heavy atom. The number of carboxylic acid groups (broad SMARTS) is 1. The minimum atomic E-state index is -1.60. The molecule has 13 heteroatoms. The summed E-state index contributed by atoms with van der Waals surface area (Å²) < 4.78 is 16.2. The third-order valence-corrected chi connectivity index (χ3v) is 6.66. The number of benzene rings is 1. The summed E-state index contributed by atoms with van der Waals surface area (Å²) in [6.07, 6.45) is -2.75. The molecule has 13 nitrogen and oxygen atoms in total. The van der Waals surface area contributed by atoms with Gasteiger partial charge >= 0.3 is 18.0 Å². The number of nitrogens with two attached hydrogens (primary N) is 1. The number of alkyl carbamates (subject to hydrolysis) is 1. The lowest BCUT2D eigenvalue weighted by Crippen LogP contribution is -2.56. The van der Waals surface area contributed by atoms with Gasteiger partial charge in [0.25, 0.3) is 0 Å². The van der Waals surface area contributed by atoms with Crippen LogP contribution < -0.4 is 16.4 Å². The molecule has 0 saturated heterocycles. The van der Waals surface area contributed by atoms with E-state index in [4.69, 9.17) is 25.4 Å². The molecule has 0 bridgehead atoms. The molecule has 228 valence electrons. The first-order valence-electron chi connectivity index (χ1n) is 13.5. The minimum absolute atomic E-state index is 0.0471. The molecule has 2 rings (SSSR count). The maximum absolute atomic E-state index is 12.5. The van der Waals surface area contributed by atoms with E-state index in [1.54, 1.807) is 13.8 Å². The maximum atomic E-state index is 12.5. The van der Waals surface area contributed by atoms with Gasteiger partial charge in [0.1, 0.15) is 12.2 Å². The number of carbonyl (C=O) groups is 3. The van der Waals surface area contributed by atoms with Gasteiger partial charge in [-0.2, -0.15) is 0 Å². The molecule has 41 heavy (non-hydrogen) atoms. The van der Waals surface area contributed by atoms with E-state index in [2.05, 4.69) is 24.5 Å². The van der Waals surface area contributed by atoms with Gasteiger partial charge in [-0.05, 0) is 42.9 Å². The normalized spacial score (nSPS) is 20.6. The standard InChI is InChI=1S/C28H42N4O9/c1-15(2)12-18-6-8-19(9-7-18)16(3)26(37)39-11-5-10-31-28(38)41-24(21(34)14-33)23-17(4)20(32-27(29)30)13-22(40-23)25(35)36/h6-9,13,15-17,20-21,23-24,33-34H,5,10-12,14H2,1-4H3,(H,31,38)(H,35,36)(H4,29,30,32)/t16-,17+,20-,21+,23?,24+/m0/s1. The van der Waals surface area contributed by atoms with Crippen LogP contribution in [-0.4, -0.2) is 83.4 Å². The van der Waals surface area contributed by atoms with E-state index in [1.165, 1.54) is 11.6 Å². The number of hydrogen-bond donors (Lipinski definition) is 7. The van der Waals surface area contributed by atoms with Crippen molar-refractivity contribution >= 4 is 24.0 Å². The number of hydrogen-bond acceptors (Lipinski definition) is 9. The van der Waals surface area contributed by atoms with Crippen molar-refractivity contribution in [2.24, 2.45) is 17.6 Å². The van der Waals surface area contributed by atoms with Gasteiger partial charge in [-0.25, -0.2) is 9.59 Å². The van der Waals surface area contributed by atoms with E-state index in [0.717, 1.165) is 12.0 Å². The monoisotopic (exact) mass is 578 g/mol. The number of rotatable bonds is 14. The molecule has 0 fully saturated rings. The maximum Gasteiger partial charge on any atom is 0.407 e. The molecule has 1 heterocycles. The van der Waals surface area contributed by atoms with Crippen molar-refractivity contribution in [3.05, 3.63) is 47.2 Å². The first kappa shape index (κ1) is 33.4. The SMILES string of the molecule is CC(C)Cc1ccc([C@H](C)C(=O)OCCCNC(=O)O[C@@H](C2OC(C(=O)O)=C[C@H](NC(=N)N)[C@H]2C)[C@H](O)CO)cc1. The summed E-state index contributed by atoms with van der Waals surface area (Å²) >= 11 is 0. The van der Waals surface area contributed by atoms with E-state index < -0.39 is 72.5 Å². The number of aliphatic carboxylic acids is 1. The number of ether oxygens (including phenoxy) is 3. The molecular weight excluding hydrogens is 536 g/mol. The molecule has 8 N–H and O–H groups in total. The Morgan fingerprint density at radius 3 is 2.39 bits per heavy atom. The highest BCUT2D eigenvalue weighted by atomic mass is 16.6. The van der Waals surface area contributed by atoms with Crippen LogP contribution in [0.5, 0.6) is 0 Å². The number of esters is 1. The van der Waals surface area contributed by atoms with Crippen LogP contribution >= 0.6 is 0 Å². The van der Waals surface area contributed by atoms with Gasteiger partial charge in [0.15, 0.2) is 12.1 Å². The number of carbonyl (C=O) groups excluding carboxylic acids is 2. The molecule has 0 radical (unpaired) electrons. The summed E-state index contributed by atoms with van der Waals surface area (Å²) in [6, 6.07) is 7.07. The topological polar surface area (TPSA) is 214 Å². The Bertz CT molecular complexity index is 1080. The third-order valence-electron chi connectivity index (χ3n) is 6.66. The second-order valence-electron chi connectivity index (χ2n) is 10.5. The summed E-state index contributed by atoms with van der Waals surface area (Å²) in [7, 11) is 0. The first-order valence-corrected chi connectivity index (χ1v) is 13.5. The van der Waals surface area contributed by atoms with E-state index in [0.29, 0.717) is 5.92 Å². The number of carboxylic acids is 1. The number of nitrogens with one attached hydrogen (secondary N) is 3. The van der Waals surface area contributed by atoms with Gasteiger partial charge in [0.2, 0.25) is 5.76 Å². The number of aliphatic hydroxyl groups excluding tert-OH is 2. The van der Waals surface area contributed by atoms with Crippen molar-refractivity contribution in [2.75, 3.05) is 19.8 Å². The van der Waals surface area contributed by atoms with Gasteiger partial charge in [0, 0.05) is 12.5 Å². The van der Waals surface area contributed by atoms with Crippen LogP contribution in [-0.2, 0) is 30.2 Å². The smallest absolute Gasteiger partial charge is 0.407 e. The van der Waals surface area contributed by atoms with Crippen molar-refractivity contribution in [1.82, 2.24) is 10.6 Å². The Kier molecular flexibility index (Phi) is 12.9. The lowest BCUT2D eigenvalue weighted by Gasteiger charge is -2.39. The quantitative estimate of drug-likeness (QED) is 0.0721. The highest BCUT2D eigenvalue weighted by molar-refractivity contribution is 5.85. The molecule has 0 saturated carbocycles. The predicted molar refractivity (Wildman–Crippen MR) is 149 cm³/mol. The third kappa shape index (κ3) is 10.3. The van der Waals surface area contributed by atoms with E-state index in [1.807, 2.05) is 24.3 Å². The summed E-state index contributed by atoms with van der Waals surface area (Å²) in [5.41, 5.74) is 7.44. The fourth-order valence-corrected chi connectivity index (χ4v) is 4.40. The number of aliphatic hydroxyl groups is 2. The molecular formula is C28H42N4O9. The van der Waals surface area contributed by atoms with Crippen LogP contribution in [0.15, 0.2) is 36.1 Å². The van der Waals surface area contributed by atoms with E-state index in [9.17, 15) is 29.7 Å². The number of amides is 1. The van der Waals surface area contributed by atoms with Crippen LogP contribution in [0, 0.1) is 17.2 Å². The van der Waals surface area contributed by atoms with Crippen LogP contribution in [0.25, 0.3) is 0 Å². The zero-order valence-corrected chi connectivity index (χ0v) is 23.8. The lowest BCUT2D eigenvalue weighted by atomic mass is 9.87. The van der Waals surface area contributed by atoms with Crippen molar-refractivity contribution in [2.45, 2.75) is 70.8 Å². The average molecular weight is 579 g/mol. The van der Waals surface area contributed by atoms with Crippen LogP contribution in [0.2, 0.25) is 0 Å². The molecule has 0 spiro atoms. The van der Waals surface area contributed by atoms with Crippen LogP contribution in [0.1, 0.15) is 51.2 Å². The second-order valence-corrected chi connectivity index (χ2v) is 10.5.